The number of H-pyrrole nitrogens is 1. The van der Waals surface area contributed by atoms with Crippen LogP contribution in [0.25, 0.3) is 53.3 Å². The van der Waals surface area contributed by atoms with Crippen molar-refractivity contribution in [2.24, 2.45) is 10.9 Å². The molecule has 1 aliphatic rings. The van der Waals surface area contributed by atoms with Crippen molar-refractivity contribution in [1.29, 1.82) is 0 Å². The van der Waals surface area contributed by atoms with E-state index in [4.69, 9.17) is 4.99 Å². The quantitative estimate of drug-likeness (QED) is 0.245. The minimum absolute atomic E-state index is 0.388. The predicted octanol–water partition coefficient (Wildman–Crippen LogP) is 9.07. The number of thiophene rings is 1. The Morgan fingerprint density at radius 2 is 1.65 bits per heavy atom. The molecule has 0 radical (unpaired) electrons. The molecule has 4 heterocycles. The summed E-state index contributed by atoms with van der Waals surface area (Å²) in [6, 6.07) is 18.1. The summed E-state index contributed by atoms with van der Waals surface area (Å²) in [4.78, 5) is 18.8. The number of nitrogens with zero attached hydrogens (tertiary/aromatic N) is 3. The number of pyridine rings is 1. The summed E-state index contributed by atoms with van der Waals surface area (Å²) in [6.45, 7) is 8.78. The molecule has 0 spiro atoms. The molecule has 182 valence electrons. The van der Waals surface area contributed by atoms with Crippen molar-refractivity contribution >= 4 is 54.4 Å². The highest BCUT2D eigenvalue weighted by Crippen LogP contribution is 2.43. The van der Waals surface area contributed by atoms with E-state index in [2.05, 4.69) is 91.2 Å². The number of rotatable bonds is 4. The van der Waals surface area contributed by atoms with Gasteiger partial charge in [0.25, 0.3) is 0 Å². The summed E-state index contributed by atoms with van der Waals surface area (Å²) in [7, 11) is 0. The molecule has 0 saturated carbocycles. The molecule has 37 heavy (non-hydrogen) atoms. The highest BCUT2D eigenvalue weighted by molar-refractivity contribution is 7.22. The molecule has 0 bridgehead atoms. The number of fused-ring (bicyclic) bond motifs is 7. The van der Waals surface area contributed by atoms with Gasteiger partial charge in [-0.25, -0.2) is 4.98 Å². The lowest BCUT2D eigenvalue weighted by molar-refractivity contribution is 0.795. The van der Waals surface area contributed by atoms with Crippen LogP contribution in [-0.2, 0) is 6.42 Å². The van der Waals surface area contributed by atoms with E-state index >= 15 is 0 Å². The molecule has 0 saturated heterocycles. The van der Waals surface area contributed by atoms with Gasteiger partial charge in [-0.15, -0.1) is 11.3 Å². The summed E-state index contributed by atoms with van der Waals surface area (Å²) < 4.78 is 1.28. The molecular formula is C32H28N4S. The third-order valence-corrected chi connectivity index (χ3v) is 8.67. The summed E-state index contributed by atoms with van der Waals surface area (Å²) in [5.41, 5.74) is 7.26. The maximum atomic E-state index is 5.05. The fourth-order valence-corrected chi connectivity index (χ4v) is 6.49. The van der Waals surface area contributed by atoms with Gasteiger partial charge in [-0.1, -0.05) is 52.0 Å². The highest BCUT2D eigenvalue weighted by Gasteiger charge is 2.23. The molecular weight excluding hydrogens is 472 g/mol. The first kappa shape index (κ1) is 22.4. The van der Waals surface area contributed by atoms with Crippen molar-refractivity contribution in [2.45, 2.75) is 40.0 Å². The lowest BCUT2D eigenvalue weighted by atomic mass is 9.91. The molecule has 3 aromatic heterocycles. The Balaban J connectivity index is 1.34. The number of benzene rings is 3. The lowest BCUT2D eigenvalue weighted by Crippen LogP contribution is -2.06. The molecule has 1 aliphatic heterocycles. The fraction of sp³-hybridized carbons (Fsp3) is 0.219. The number of hydrogen-bond acceptors (Lipinski definition) is 4. The van der Waals surface area contributed by atoms with Crippen LogP contribution >= 0.6 is 11.3 Å². The Morgan fingerprint density at radius 1 is 0.811 bits per heavy atom. The Labute approximate surface area is 220 Å². The third kappa shape index (κ3) is 3.60. The molecule has 0 fully saturated rings. The zero-order chi connectivity index (χ0) is 25.3. The van der Waals surface area contributed by atoms with Crippen molar-refractivity contribution in [3.05, 3.63) is 78.5 Å². The first-order valence-electron chi connectivity index (χ1n) is 13.0. The Morgan fingerprint density at radius 3 is 2.46 bits per heavy atom. The van der Waals surface area contributed by atoms with E-state index in [-0.39, 0.29) is 0 Å². The van der Waals surface area contributed by atoms with Crippen LogP contribution in [0.5, 0.6) is 0 Å². The molecule has 4 nitrogen and oxygen atoms in total. The maximum absolute atomic E-state index is 5.05. The van der Waals surface area contributed by atoms with Gasteiger partial charge in [0.1, 0.15) is 5.82 Å². The van der Waals surface area contributed by atoms with Gasteiger partial charge >= 0.3 is 0 Å². The molecule has 5 heteroatoms. The van der Waals surface area contributed by atoms with Crippen LogP contribution in [0.15, 0.2) is 72.1 Å². The second kappa shape index (κ2) is 8.35. The summed E-state index contributed by atoms with van der Waals surface area (Å²) in [5.74, 6) is 1.86. The van der Waals surface area contributed by atoms with Crippen LogP contribution in [0.2, 0.25) is 0 Å². The van der Waals surface area contributed by atoms with Gasteiger partial charge in [-0.3, -0.25) is 9.98 Å². The van der Waals surface area contributed by atoms with Gasteiger partial charge < -0.3 is 4.98 Å². The molecule has 1 N–H and O–H groups in total. The smallest absolute Gasteiger partial charge is 0.109 e. The monoisotopic (exact) mass is 500 g/mol. The summed E-state index contributed by atoms with van der Waals surface area (Å²) >= 11 is 1.81. The number of imidazole rings is 1. The summed E-state index contributed by atoms with van der Waals surface area (Å²) in [5, 5.41) is 6.21. The zero-order valence-corrected chi connectivity index (χ0v) is 22.3. The van der Waals surface area contributed by atoms with Crippen molar-refractivity contribution in [2.75, 3.05) is 0 Å². The highest BCUT2D eigenvalue weighted by atomic mass is 32.1. The van der Waals surface area contributed by atoms with Gasteiger partial charge in [-0.05, 0) is 68.4 Å². The van der Waals surface area contributed by atoms with Gasteiger partial charge in [0, 0.05) is 40.5 Å². The third-order valence-electron chi connectivity index (χ3n) is 7.54. The average Bonchev–Trinajstić information content (AvgIpc) is 3.66. The lowest BCUT2D eigenvalue weighted by Gasteiger charge is -2.12. The molecule has 0 unspecified atom stereocenters. The molecule has 7 rings (SSSR count). The Kier molecular flexibility index (Phi) is 5.05. The van der Waals surface area contributed by atoms with Crippen LogP contribution < -0.4 is 0 Å². The van der Waals surface area contributed by atoms with Gasteiger partial charge in [0.2, 0.25) is 0 Å². The number of hydrogen-bond donors (Lipinski definition) is 1. The standard InChI is InChI=1S/C32H28N4S/c1-17(2)27-14-25-22-8-7-19(11-24(22)23-9-10-33-15-26(23)31(25)35-27)20-5-6-21-13-30(37-29(21)12-20)28-16-34-32(36-28)18(3)4/h5-13,15-18H,14H2,1-4H3,(H,34,36). The first-order chi connectivity index (χ1) is 18.0. The van der Waals surface area contributed by atoms with E-state index in [9.17, 15) is 0 Å². The van der Waals surface area contributed by atoms with Gasteiger partial charge in [0.15, 0.2) is 0 Å². The van der Waals surface area contributed by atoms with Crippen molar-refractivity contribution in [3.8, 4) is 21.7 Å². The van der Waals surface area contributed by atoms with E-state index in [0.29, 0.717) is 11.8 Å². The Hall–Kier alpha value is -3.83. The first-order valence-corrected chi connectivity index (χ1v) is 13.8. The van der Waals surface area contributed by atoms with Crippen molar-refractivity contribution in [3.63, 3.8) is 0 Å². The number of nitrogens with one attached hydrogen (secondary N) is 1. The van der Waals surface area contributed by atoms with Crippen molar-refractivity contribution in [1.82, 2.24) is 15.0 Å². The topological polar surface area (TPSA) is 53.9 Å². The number of aromatic nitrogens is 3. The molecule has 0 aliphatic carbocycles. The molecule has 0 amide bonds. The SMILES string of the molecule is CC(C)C1=Nc2c(c3ccc(-c4ccc5cc(-c6cnc(C(C)C)[nH]6)sc5c4)cc3c3ccncc23)C1. The van der Waals surface area contributed by atoms with Crippen molar-refractivity contribution < 1.29 is 0 Å². The molecule has 0 atom stereocenters. The van der Waals surface area contributed by atoms with Crippen LogP contribution in [-0.4, -0.2) is 20.7 Å². The van der Waals surface area contributed by atoms with E-state index < -0.39 is 0 Å². The van der Waals surface area contributed by atoms with E-state index in [1.807, 2.05) is 29.9 Å². The van der Waals surface area contributed by atoms with Gasteiger partial charge in [0.05, 0.1) is 22.5 Å². The van der Waals surface area contributed by atoms with Gasteiger partial charge in [-0.2, -0.15) is 0 Å². The van der Waals surface area contributed by atoms with E-state index in [0.717, 1.165) is 29.0 Å². The summed E-state index contributed by atoms with van der Waals surface area (Å²) in [6.07, 6.45) is 6.75. The van der Waals surface area contributed by atoms with Crippen LogP contribution in [0, 0.1) is 5.92 Å². The van der Waals surface area contributed by atoms with Crippen LogP contribution in [0.1, 0.15) is 45.0 Å². The predicted molar refractivity (Wildman–Crippen MR) is 157 cm³/mol. The Bertz CT molecular complexity index is 1870. The maximum Gasteiger partial charge on any atom is 0.109 e. The fourth-order valence-electron chi connectivity index (χ4n) is 5.42. The minimum atomic E-state index is 0.388. The zero-order valence-electron chi connectivity index (χ0n) is 21.5. The van der Waals surface area contributed by atoms with E-state index in [1.165, 1.54) is 53.5 Å². The number of aromatic amines is 1. The van der Waals surface area contributed by atoms with E-state index in [1.54, 1.807) is 0 Å². The normalized spacial score (nSPS) is 13.4. The largest absolute Gasteiger partial charge is 0.341 e. The molecule has 3 aromatic carbocycles. The second-order valence-electron chi connectivity index (χ2n) is 10.6. The minimum Gasteiger partial charge on any atom is -0.341 e. The molecule has 6 aromatic rings. The second-order valence-corrected chi connectivity index (χ2v) is 11.7. The average molecular weight is 501 g/mol. The van der Waals surface area contributed by atoms with Crippen LogP contribution in [0.3, 0.4) is 0 Å². The van der Waals surface area contributed by atoms with Crippen LogP contribution in [0.4, 0.5) is 5.69 Å². The number of aliphatic imine (C=N–C) groups is 1.